The molecule has 0 spiro atoms. The summed E-state index contributed by atoms with van der Waals surface area (Å²) >= 11 is 0. The Hall–Kier alpha value is -1.59. The molecule has 2 aromatic heterocycles. The van der Waals surface area contributed by atoms with E-state index in [0.29, 0.717) is 12.5 Å². The molecule has 0 bridgehead atoms. The van der Waals surface area contributed by atoms with Gasteiger partial charge in [0.15, 0.2) is 0 Å². The summed E-state index contributed by atoms with van der Waals surface area (Å²) in [5.41, 5.74) is 0. The third-order valence-electron chi connectivity index (χ3n) is 3.99. The van der Waals surface area contributed by atoms with Gasteiger partial charge in [0.1, 0.15) is 11.5 Å². The van der Waals surface area contributed by atoms with E-state index in [9.17, 15) is 5.11 Å². The van der Waals surface area contributed by atoms with Crippen LogP contribution in [-0.4, -0.2) is 26.8 Å². The van der Waals surface area contributed by atoms with Crippen LogP contribution in [0.1, 0.15) is 24.4 Å². The Labute approximate surface area is 118 Å². The zero-order chi connectivity index (χ0) is 13.9. The Morgan fingerprint density at radius 2 is 2.35 bits per heavy atom. The molecule has 2 heterocycles. The van der Waals surface area contributed by atoms with Crippen LogP contribution >= 0.6 is 0 Å². The van der Waals surface area contributed by atoms with Crippen molar-refractivity contribution in [3.8, 4) is 0 Å². The van der Waals surface area contributed by atoms with Crippen LogP contribution in [0.4, 0.5) is 0 Å². The number of rotatable bonds is 5. The zero-order valence-corrected chi connectivity index (χ0v) is 11.7. The van der Waals surface area contributed by atoms with Gasteiger partial charge in [0, 0.05) is 25.0 Å². The molecular formula is C15H21N3O2. The number of imidazole rings is 1. The maximum absolute atomic E-state index is 10.2. The van der Waals surface area contributed by atoms with E-state index in [1.807, 2.05) is 31.6 Å². The molecule has 0 amide bonds. The number of aromatic nitrogens is 2. The molecule has 5 nitrogen and oxygen atoms in total. The average Bonchev–Trinajstić information content (AvgIpc) is 3.11. The minimum atomic E-state index is -0.278. The summed E-state index contributed by atoms with van der Waals surface area (Å²) in [6, 6.07) is 4.09. The minimum Gasteiger partial charge on any atom is -0.465 e. The minimum absolute atomic E-state index is 0.147. The maximum atomic E-state index is 10.2. The topological polar surface area (TPSA) is 63.2 Å². The highest BCUT2D eigenvalue weighted by atomic mass is 16.3. The number of aryl methyl sites for hydroxylation is 1. The summed E-state index contributed by atoms with van der Waals surface area (Å²) in [5.74, 6) is 2.34. The molecule has 1 aliphatic rings. The number of nitrogens with zero attached hydrogens (tertiary/aromatic N) is 2. The van der Waals surface area contributed by atoms with Gasteiger partial charge >= 0.3 is 0 Å². The SMILES string of the molecule is Cc1ccc(CN[C@@H]2CC(Cn3ccnc3)C[C@H]2O)o1. The van der Waals surface area contributed by atoms with Gasteiger partial charge in [-0.05, 0) is 37.8 Å². The van der Waals surface area contributed by atoms with Gasteiger partial charge in [0.2, 0.25) is 0 Å². The van der Waals surface area contributed by atoms with Crippen molar-refractivity contribution in [3.63, 3.8) is 0 Å². The first kappa shape index (κ1) is 13.4. The zero-order valence-electron chi connectivity index (χ0n) is 11.7. The summed E-state index contributed by atoms with van der Waals surface area (Å²) in [7, 11) is 0. The van der Waals surface area contributed by atoms with Gasteiger partial charge in [-0.15, -0.1) is 0 Å². The third-order valence-corrected chi connectivity index (χ3v) is 3.99. The monoisotopic (exact) mass is 275 g/mol. The van der Waals surface area contributed by atoms with Crippen molar-refractivity contribution in [3.05, 3.63) is 42.4 Å². The van der Waals surface area contributed by atoms with Crippen molar-refractivity contribution in [1.29, 1.82) is 0 Å². The van der Waals surface area contributed by atoms with E-state index in [2.05, 4.69) is 14.9 Å². The Kier molecular flexibility index (Phi) is 3.89. The summed E-state index contributed by atoms with van der Waals surface area (Å²) < 4.78 is 7.61. The van der Waals surface area contributed by atoms with Gasteiger partial charge in [-0.1, -0.05) is 0 Å². The molecule has 0 aromatic carbocycles. The smallest absolute Gasteiger partial charge is 0.117 e. The molecule has 20 heavy (non-hydrogen) atoms. The van der Waals surface area contributed by atoms with Crippen LogP contribution in [-0.2, 0) is 13.1 Å². The van der Waals surface area contributed by atoms with Crippen LogP contribution in [0.25, 0.3) is 0 Å². The highest BCUT2D eigenvalue weighted by molar-refractivity contribution is 5.05. The predicted molar refractivity (Wildman–Crippen MR) is 75.0 cm³/mol. The lowest BCUT2D eigenvalue weighted by Gasteiger charge is -2.15. The van der Waals surface area contributed by atoms with E-state index in [0.717, 1.165) is 30.9 Å². The summed E-state index contributed by atoms with van der Waals surface area (Å²) in [6.07, 6.45) is 7.14. The molecule has 1 saturated carbocycles. The number of nitrogens with one attached hydrogen (secondary N) is 1. The summed E-state index contributed by atoms with van der Waals surface area (Å²) in [6.45, 7) is 3.54. The molecule has 3 atom stereocenters. The molecular weight excluding hydrogens is 254 g/mol. The largest absolute Gasteiger partial charge is 0.465 e. The highest BCUT2D eigenvalue weighted by Crippen LogP contribution is 2.27. The van der Waals surface area contributed by atoms with Crippen molar-refractivity contribution in [2.24, 2.45) is 5.92 Å². The fourth-order valence-corrected chi connectivity index (χ4v) is 2.99. The first-order valence-corrected chi connectivity index (χ1v) is 7.13. The Morgan fingerprint density at radius 1 is 1.45 bits per heavy atom. The van der Waals surface area contributed by atoms with Crippen molar-refractivity contribution in [2.75, 3.05) is 0 Å². The molecule has 1 unspecified atom stereocenters. The predicted octanol–water partition coefficient (Wildman–Crippen LogP) is 1.71. The molecule has 2 N–H and O–H groups in total. The quantitative estimate of drug-likeness (QED) is 0.872. The third kappa shape index (κ3) is 3.11. The molecule has 2 aromatic rings. The van der Waals surface area contributed by atoms with E-state index in [-0.39, 0.29) is 12.1 Å². The van der Waals surface area contributed by atoms with Gasteiger partial charge in [-0.3, -0.25) is 0 Å². The van der Waals surface area contributed by atoms with E-state index < -0.39 is 0 Å². The van der Waals surface area contributed by atoms with Crippen molar-refractivity contribution >= 4 is 0 Å². The second kappa shape index (κ2) is 5.81. The normalized spacial score (nSPS) is 26.2. The molecule has 1 fully saturated rings. The summed E-state index contributed by atoms with van der Waals surface area (Å²) in [5, 5.41) is 13.6. The van der Waals surface area contributed by atoms with Crippen LogP contribution in [0.15, 0.2) is 35.3 Å². The second-order valence-electron chi connectivity index (χ2n) is 5.66. The summed E-state index contributed by atoms with van der Waals surface area (Å²) in [4.78, 5) is 4.05. The lowest BCUT2D eigenvalue weighted by Crippen LogP contribution is -2.35. The lowest BCUT2D eigenvalue weighted by atomic mass is 10.1. The van der Waals surface area contributed by atoms with E-state index in [4.69, 9.17) is 4.42 Å². The van der Waals surface area contributed by atoms with E-state index in [1.165, 1.54) is 0 Å². The van der Waals surface area contributed by atoms with Gasteiger partial charge in [-0.25, -0.2) is 4.98 Å². The van der Waals surface area contributed by atoms with Gasteiger partial charge < -0.3 is 19.4 Å². The number of hydrogen-bond donors (Lipinski definition) is 2. The second-order valence-corrected chi connectivity index (χ2v) is 5.66. The van der Waals surface area contributed by atoms with Crippen molar-refractivity contribution in [1.82, 2.24) is 14.9 Å². The fraction of sp³-hybridized carbons (Fsp3) is 0.533. The van der Waals surface area contributed by atoms with Gasteiger partial charge in [0.05, 0.1) is 19.0 Å². The van der Waals surface area contributed by atoms with Crippen LogP contribution in [0.5, 0.6) is 0 Å². The van der Waals surface area contributed by atoms with E-state index in [1.54, 1.807) is 6.20 Å². The average molecular weight is 275 g/mol. The molecule has 5 heteroatoms. The van der Waals surface area contributed by atoms with Gasteiger partial charge in [0.25, 0.3) is 0 Å². The highest BCUT2D eigenvalue weighted by Gasteiger charge is 2.32. The first-order chi connectivity index (χ1) is 9.70. The van der Waals surface area contributed by atoms with Crippen molar-refractivity contribution < 1.29 is 9.52 Å². The van der Waals surface area contributed by atoms with Crippen LogP contribution in [0.3, 0.4) is 0 Å². The Balaban J connectivity index is 1.50. The molecule has 108 valence electrons. The van der Waals surface area contributed by atoms with Gasteiger partial charge in [-0.2, -0.15) is 0 Å². The fourth-order valence-electron chi connectivity index (χ4n) is 2.99. The number of aliphatic hydroxyl groups is 1. The molecule has 3 rings (SSSR count). The molecule has 0 aliphatic heterocycles. The number of aliphatic hydroxyl groups excluding tert-OH is 1. The molecule has 1 aliphatic carbocycles. The van der Waals surface area contributed by atoms with Crippen LogP contribution in [0.2, 0.25) is 0 Å². The van der Waals surface area contributed by atoms with Crippen LogP contribution in [0, 0.1) is 12.8 Å². The Morgan fingerprint density at radius 3 is 3.05 bits per heavy atom. The maximum Gasteiger partial charge on any atom is 0.117 e. The first-order valence-electron chi connectivity index (χ1n) is 7.13. The van der Waals surface area contributed by atoms with Crippen LogP contribution < -0.4 is 5.32 Å². The lowest BCUT2D eigenvalue weighted by molar-refractivity contribution is 0.144. The van der Waals surface area contributed by atoms with Crippen molar-refractivity contribution in [2.45, 2.75) is 45.0 Å². The number of hydrogen-bond acceptors (Lipinski definition) is 4. The number of furan rings is 1. The molecule has 0 radical (unpaired) electrons. The standard InChI is InChI=1S/C15H21N3O2/c1-11-2-3-13(20-11)8-17-14-6-12(7-15(14)19)9-18-5-4-16-10-18/h2-5,10,12,14-15,17,19H,6-9H2,1H3/t12?,14-,15-/m1/s1. The Bertz CT molecular complexity index is 535. The van der Waals surface area contributed by atoms with E-state index >= 15 is 0 Å². The molecule has 0 saturated heterocycles.